The maximum absolute atomic E-state index is 11.7. The Hall–Kier alpha value is -1.77. The molecule has 0 bridgehead atoms. The number of H-pyrrole nitrogens is 1. The van der Waals surface area contributed by atoms with Gasteiger partial charge in [-0.3, -0.25) is 9.89 Å². The van der Waals surface area contributed by atoms with E-state index in [-0.39, 0.29) is 24.5 Å². The Kier molecular flexibility index (Phi) is 4.32. The third kappa shape index (κ3) is 5.20. The van der Waals surface area contributed by atoms with Gasteiger partial charge in [-0.15, -0.1) is 0 Å². The fourth-order valence-electron chi connectivity index (χ4n) is 0.950. The Balaban J connectivity index is 2.20. The number of halogens is 3. The summed E-state index contributed by atoms with van der Waals surface area (Å²) in [7, 11) is 0. The van der Waals surface area contributed by atoms with Crippen molar-refractivity contribution < 1.29 is 22.7 Å². The number of hydrogen-bond donors (Lipinski definition) is 3. The summed E-state index contributed by atoms with van der Waals surface area (Å²) in [6.45, 7) is -1.69. The van der Waals surface area contributed by atoms with Gasteiger partial charge in [-0.1, -0.05) is 0 Å². The van der Waals surface area contributed by atoms with Crippen LogP contribution in [0.2, 0.25) is 0 Å². The van der Waals surface area contributed by atoms with Crippen molar-refractivity contribution in [3.8, 4) is 0 Å². The van der Waals surface area contributed by atoms with Gasteiger partial charge in [0.2, 0.25) is 5.91 Å². The first-order valence-corrected chi connectivity index (χ1v) is 4.61. The van der Waals surface area contributed by atoms with Crippen molar-refractivity contribution in [1.29, 1.82) is 0 Å². The van der Waals surface area contributed by atoms with Gasteiger partial charge in [-0.25, -0.2) is 0 Å². The minimum atomic E-state index is -4.38. The van der Waals surface area contributed by atoms with E-state index >= 15 is 0 Å². The molecule has 0 aliphatic carbocycles. The Morgan fingerprint density at radius 1 is 1.59 bits per heavy atom. The minimum absolute atomic E-state index is 0.200. The summed E-state index contributed by atoms with van der Waals surface area (Å²) >= 11 is 0. The molecule has 17 heavy (non-hydrogen) atoms. The summed E-state index contributed by atoms with van der Waals surface area (Å²) in [4.78, 5) is 11.2. The number of ether oxygens (including phenoxy) is 1. The highest BCUT2D eigenvalue weighted by Gasteiger charge is 2.27. The molecule has 0 unspecified atom stereocenters. The molecule has 0 aliphatic heterocycles. The first-order chi connectivity index (χ1) is 7.88. The van der Waals surface area contributed by atoms with Gasteiger partial charge in [0.25, 0.3) is 0 Å². The van der Waals surface area contributed by atoms with Gasteiger partial charge in [-0.2, -0.15) is 18.3 Å². The van der Waals surface area contributed by atoms with Crippen LogP contribution < -0.4 is 11.1 Å². The molecule has 6 nitrogen and oxygen atoms in total. The number of nitrogens with two attached hydrogens (primary N) is 1. The number of rotatable bonds is 5. The van der Waals surface area contributed by atoms with Crippen LogP contribution in [0.1, 0.15) is 6.42 Å². The van der Waals surface area contributed by atoms with Crippen molar-refractivity contribution in [3.63, 3.8) is 0 Å². The van der Waals surface area contributed by atoms with E-state index in [1.165, 1.54) is 6.20 Å². The van der Waals surface area contributed by atoms with Gasteiger partial charge >= 0.3 is 6.18 Å². The number of carbonyl (C=O) groups is 1. The van der Waals surface area contributed by atoms with E-state index < -0.39 is 18.7 Å². The lowest BCUT2D eigenvalue weighted by Gasteiger charge is -2.07. The van der Waals surface area contributed by atoms with Crippen LogP contribution in [-0.4, -0.2) is 35.5 Å². The summed E-state index contributed by atoms with van der Waals surface area (Å²) in [5.41, 5.74) is 5.66. The number of anilines is 2. The highest BCUT2D eigenvalue weighted by atomic mass is 19.4. The molecule has 0 aromatic carbocycles. The van der Waals surface area contributed by atoms with Crippen LogP contribution in [-0.2, 0) is 9.53 Å². The molecule has 1 rings (SSSR count). The Morgan fingerprint density at radius 2 is 2.29 bits per heavy atom. The number of carbonyl (C=O) groups excluding carboxylic acids is 1. The van der Waals surface area contributed by atoms with Crippen LogP contribution in [0.3, 0.4) is 0 Å². The molecule has 0 spiro atoms. The molecule has 4 N–H and O–H groups in total. The molecular formula is C8H11F3N4O2. The van der Waals surface area contributed by atoms with Gasteiger partial charge < -0.3 is 15.8 Å². The summed E-state index contributed by atoms with van der Waals surface area (Å²) < 4.78 is 39.3. The van der Waals surface area contributed by atoms with Gasteiger partial charge in [0.15, 0.2) is 5.82 Å². The van der Waals surface area contributed by atoms with Gasteiger partial charge in [0, 0.05) is 0 Å². The number of nitrogen functional groups attached to an aromatic ring is 1. The third-order valence-electron chi connectivity index (χ3n) is 1.67. The molecule has 0 saturated heterocycles. The molecular weight excluding hydrogens is 241 g/mol. The number of nitrogens with zero attached hydrogens (tertiary/aromatic N) is 1. The molecule has 0 atom stereocenters. The molecule has 1 aromatic heterocycles. The maximum Gasteiger partial charge on any atom is 0.411 e. The zero-order chi connectivity index (χ0) is 12.9. The summed E-state index contributed by atoms with van der Waals surface area (Å²) in [6, 6.07) is 0. The fraction of sp³-hybridized carbons (Fsp3) is 0.500. The molecule has 1 aromatic rings. The first-order valence-electron chi connectivity index (χ1n) is 4.61. The quantitative estimate of drug-likeness (QED) is 0.679. The molecule has 0 aliphatic rings. The SMILES string of the molecule is Nc1cn[nH]c1NC(=O)CCOCC(F)(F)F. The minimum Gasteiger partial charge on any atom is -0.394 e. The predicted molar refractivity (Wildman–Crippen MR) is 53.1 cm³/mol. The summed E-state index contributed by atoms with van der Waals surface area (Å²) in [5.74, 6) is -0.297. The van der Waals surface area contributed by atoms with Crippen molar-refractivity contribution in [2.45, 2.75) is 12.6 Å². The topological polar surface area (TPSA) is 93.0 Å². The monoisotopic (exact) mass is 252 g/mol. The van der Waals surface area contributed by atoms with Crippen LogP contribution in [0, 0.1) is 0 Å². The lowest BCUT2D eigenvalue weighted by molar-refractivity contribution is -0.174. The smallest absolute Gasteiger partial charge is 0.394 e. The number of aromatic nitrogens is 2. The van der Waals surface area contributed by atoms with Crippen LogP contribution in [0.25, 0.3) is 0 Å². The largest absolute Gasteiger partial charge is 0.411 e. The second kappa shape index (κ2) is 5.53. The van der Waals surface area contributed by atoms with Gasteiger partial charge in [-0.05, 0) is 0 Å². The second-order valence-electron chi connectivity index (χ2n) is 3.17. The van der Waals surface area contributed by atoms with E-state index in [2.05, 4.69) is 20.3 Å². The van der Waals surface area contributed by atoms with Crippen LogP contribution >= 0.6 is 0 Å². The average Bonchev–Trinajstić information content (AvgIpc) is 2.58. The molecule has 96 valence electrons. The van der Waals surface area contributed by atoms with E-state index in [9.17, 15) is 18.0 Å². The summed E-state index contributed by atoms with van der Waals surface area (Å²) in [5, 5.41) is 8.33. The zero-order valence-corrected chi connectivity index (χ0v) is 8.67. The molecule has 0 saturated carbocycles. The standard InChI is InChI=1S/C8H11F3N4O2/c9-8(10,11)4-17-2-1-6(16)14-7-5(12)3-13-15-7/h3H,1-2,4,12H2,(H2,13,14,15,16). The third-order valence-corrected chi connectivity index (χ3v) is 1.67. The highest BCUT2D eigenvalue weighted by molar-refractivity contribution is 5.92. The number of aromatic amines is 1. The van der Waals surface area contributed by atoms with Crippen molar-refractivity contribution >= 4 is 17.4 Å². The molecule has 0 radical (unpaired) electrons. The normalized spacial score (nSPS) is 11.5. The molecule has 1 heterocycles. The van der Waals surface area contributed by atoms with E-state index in [0.29, 0.717) is 0 Å². The van der Waals surface area contributed by atoms with E-state index in [0.717, 1.165) is 0 Å². The van der Waals surface area contributed by atoms with E-state index in [4.69, 9.17) is 5.73 Å². The maximum atomic E-state index is 11.7. The highest BCUT2D eigenvalue weighted by Crippen LogP contribution is 2.15. The lowest BCUT2D eigenvalue weighted by atomic mass is 10.4. The van der Waals surface area contributed by atoms with Crippen molar-refractivity contribution in [1.82, 2.24) is 10.2 Å². The predicted octanol–water partition coefficient (Wildman–Crippen LogP) is 0.899. The van der Waals surface area contributed by atoms with Crippen LogP contribution in [0.4, 0.5) is 24.7 Å². The van der Waals surface area contributed by atoms with Gasteiger partial charge in [0.05, 0.1) is 24.9 Å². The summed E-state index contributed by atoms with van der Waals surface area (Å²) in [6.07, 6.45) is -3.28. The number of alkyl halides is 3. The van der Waals surface area contributed by atoms with Crippen molar-refractivity contribution in [2.24, 2.45) is 0 Å². The second-order valence-corrected chi connectivity index (χ2v) is 3.17. The molecule has 0 fully saturated rings. The number of hydrogen-bond acceptors (Lipinski definition) is 4. The Labute approximate surface area is 94.3 Å². The fourth-order valence-corrected chi connectivity index (χ4v) is 0.950. The van der Waals surface area contributed by atoms with Crippen LogP contribution in [0.15, 0.2) is 6.20 Å². The lowest BCUT2D eigenvalue weighted by Crippen LogP contribution is -2.20. The molecule has 1 amide bonds. The van der Waals surface area contributed by atoms with Gasteiger partial charge in [0.1, 0.15) is 6.61 Å². The van der Waals surface area contributed by atoms with E-state index in [1.807, 2.05) is 0 Å². The number of nitrogens with one attached hydrogen (secondary N) is 2. The van der Waals surface area contributed by atoms with Crippen molar-refractivity contribution in [3.05, 3.63) is 6.20 Å². The molecule has 9 heteroatoms. The number of amides is 1. The Bertz CT molecular complexity index is 377. The van der Waals surface area contributed by atoms with Crippen LogP contribution in [0.5, 0.6) is 0 Å². The first kappa shape index (κ1) is 13.3. The zero-order valence-electron chi connectivity index (χ0n) is 8.67. The van der Waals surface area contributed by atoms with E-state index in [1.54, 1.807) is 0 Å². The van der Waals surface area contributed by atoms with Crippen molar-refractivity contribution in [2.75, 3.05) is 24.3 Å². The average molecular weight is 252 g/mol. The Morgan fingerprint density at radius 3 is 2.82 bits per heavy atom.